The fraction of sp³-hybridized carbons (Fsp3) is 0.737. The minimum absolute atomic E-state index is 0.00159. The van der Waals surface area contributed by atoms with Gasteiger partial charge < -0.3 is 34.8 Å². The third kappa shape index (κ3) is 5.33. The van der Waals surface area contributed by atoms with Crippen molar-refractivity contribution in [3.63, 3.8) is 0 Å². The molecule has 0 bridgehead atoms. The maximum atomic E-state index is 11.6. The van der Waals surface area contributed by atoms with Crippen LogP contribution in [0.5, 0.6) is 0 Å². The molecule has 1 saturated heterocycles. The number of aromatic nitrogens is 4. The summed E-state index contributed by atoms with van der Waals surface area (Å²) in [7, 11) is -4.48. The van der Waals surface area contributed by atoms with Gasteiger partial charge in [0.05, 0.1) is 18.2 Å². The molecule has 1 aliphatic carbocycles. The number of fused-ring (bicyclic) bond motifs is 1. The van der Waals surface area contributed by atoms with Crippen LogP contribution in [-0.4, -0.2) is 76.6 Å². The number of nitrogens with one attached hydrogen (secondary N) is 1. The number of hydrogen-bond acceptors (Lipinski definition) is 9. The van der Waals surface area contributed by atoms with Crippen molar-refractivity contribution in [3.8, 4) is 0 Å². The number of hydrogen-bond donors (Lipinski definition) is 5. The van der Waals surface area contributed by atoms with E-state index in [4.69, 9.17) is 21.1 Å². The van der Waals surface area contributed by atoms with Crippen molar-refractivity contribution in [3.05, 3.63) is 11.5 Å². The molecule has 33 heavy (non-hydrogen) atoms. The van der Waals surface area contributed by atoms with E-state index >= 15 is 0 Å². The predicted octanol–water partition coefficient (Wildman–Crippen LogP) is 1.77. The molecule has 5 atom stereocenters. The van der Waals surface area contributed by atoms with E-state index in [1.807, 2.05) is 0 Å². The van der Waals surface area contributed by atoms with Crippen molar-refractivity contribution in [1.82, 2.24) is 19.7 Å². The summed E-state index contributed by atoms with van der Waals surface area (Å²) in [5, 5.41) is 29.4. The topological polar surface area (TPSA) is 172 Å². The summed E-state index contributed by atoms with van der Waals surface area (Å²) >= 11 is 6.15. The van der Waals surface area contributed by atoms with E-state index in [9.17, 15) is 24.6 Å². The minimum Gasteiger partial charge on any atom is -0.387 e. The molecule has 1 aliphatic heterocycles. The van der Waals surface area contributed by atoms with Gasteiger partial charge in [-0.15, -0.1) is 0 Å². The number of aliphatic hydroxyl groups excluding tert-OH is 2. The van der Waals surface area contributed by atoms with Gasteiger partial charge in [0.1, 0.15) is 24.1 Å². The molecule has 0 spiro atoms. The molecule has 1 saturated carbocycles. The first-order chi connectivity index (χ1) is 15.7. The lowest BCUT2D eigenvalue weighted by Gasteiger charge is -2.21. The Morgan fingerprint density at radius 2 is 2.03 bits per heavy atom. The number of aliphatic hydroxyl groups is 2. The second-order valence-corrected chi connectivity index (χ2v) is 10.6. The van der Waals surface area contributed by atoms with Crippen molar-refractivity contribution >= 4 is 36.0 Å². The standard InChI is InChI=1S/C19H29ClN5O7P/c1-2-5-13(33(28,29)30)31-9-12-14(26)15(27)18(32-12)25-17-11(8-21-25)16(23-19(20)24-17)22-10-6-3-4-7-10/h8,10,12-15,18,26-27H,2-7,9H2,1H3,(H,22,23,24)(H2,28,29,30)/t12-,13-,14-,15-,18-/m1/s1. The zero-order valence-corrected chi connectivity index (χ0v) is 19.8. The monoisotopic (exact) mass is 505 g/mol. The Balaban J connectivity index is 1.53. The third-order valence-electron chi connectivity index (χ3n) is 6.06. The molecule has 0 unspecified atom stereocenters. The van der Waals surface area contributed by atoms with E-state index in [0.29, 0.717) is 23.3 Å². The van der Waals surface area contributed by atoms with E-state index < -0.39 is 38.0 Å². The highest BCUT2D eigenvalue weighted by atomic mass is 35.5. The lowest BCUT2D eigenvalue weighted by molar-refractivity contribution is -0.0767. The Hall–Kier alpha value is -1.37. The molecule has 0 radical (unpaired) electrons. The summed E-state index contributed by atoms with van der Waals surface area (Å²) in [5.41, 5.74) is 0.326. The molecule has 2 fully saturated rings. The minimum atomic E-state index is -4.48. The molecule has 3 heterocycles. The molecule has 5 N–H and O–H groups in total. The average molecular weight is 506 g/mol. The van der Waals surface area contributed by atoms with Gasteiger partial charge in [-0.2, -0.15) is 15.1 Å². The molecular weight excluding hydrogens is 477 g/mol. The van der Waals surface area contributed by atoms with Gasteiger partial charge in [0.15, 0.2) is 17.7 Å². The van der Waals surface area contributed by atoms with Crippen LogP contribution in [0.2, 0.25) is 5.28 Å². The Kier molecular flexibility index (Phi) is 7.56. The number of rotatable bonds is 9. The lowest BCUT2D eigenvalue weighted by atomic mass is 10.1. The Labute approximate surface area is 195 Å². The summed E-state index contributed by atoms with van der Waals surface area (Å²) in [6.07, 6.45) is 1.68. The van der Waals surface area contributed by atoms with Gasteiger partial charge in [-0.3, -0.25) is 4.57 Å². The van der Waals surface area contributed by atoms with Gasteiger partial charge in [0.25, 0.3) is 0 Å². The van der Waals surface area contributed by atoms with Gasteiger partial charge in [-0.25, -0.2) is 4.68 Å². The number of ether oxygens (including phenoxy) is 2. The van der Waals surface area contributed by atoms with Crippen molar-refractivity contribution in [1.29, 1.82) is 0 Å². The Bertz CT molecular complexity index is 1010. The molecule has 14 heteroatoms. The molecule has 2 aliphatic rings. The molecule has 184 valence electrons. The highest BCUT2D eigenvalue weighted by Gasteiger charge is 2.46. The second-order valence-electron chi connectivity index (χ2n) is 8.51. The largest absolute Gasteiger partial charge is 0.387 e. The number of halogens is 1. The molecule has 12 nitrogen and oxygen atoms in total. The van der Waals surface area contributed by atoms with E-state index in [1.165, 1.54) is 4.68 Å². The first-order valence-electron chi connectivity index (χ1n) is 11.0. The fourth-order valence-electron chi connectivity index (χ4n) is 4.33. The second kappa shape index (κ2) is 10.1. The van der Waals surface area contributed by atoms with Gasteiger partial charge >= 0.3 is 7.60 Å². The molecular formula is C19H29ClN5O7P. The normalized spacial score (nSPS) is 27.5. The van der Waals surface area contributed by atoms with E-state index in [0.717, 1.165) is 25.7 Å². The third-order valence-corrected chi connectivity index (χ3v) is 7.39. The number of nitrogens with zero attached hydrogens (tertiary/aromatic N) is 4. The maximum Gasteiger partial charge on any atom is 0.354 e. The van der Waals surface area contributed by atoms with Gasteiger partial charge in [-0.05, 0) is 30.9 Å². The highest BCUT2D eigenvalue weighted by molar-refractivity contribution is 7.52. The van der Waals surface area contributed by atoms with Crippen molar-refractivity contribution in [2.24, 2.45) is 0 Å². The molecule has 0 amide bonds. The smallest absolute Gasteiger partial charge is 0.354 e. The van der Waals surface area contributed by atoms with Crippen LogP contribution in [0.4, 0.5) is 5.82 Å². The van der Waals surface area contributed by atoms with Crippen LogP contribution < -0.4 is 5.32 Å². The summed E-state index contributed by atoms with van der Waals surface area (Å²) in [6, 6.07) is 0.282. The van der Waals surface area contributed by atoms with Crippen LogP contribution in [-0.2, 0) is 14.0 Å². The van der Waals surface area contributed by atoms with Gasteiger partial charge in [0.2, 0.25) is 5.28 Å². The first-order valence-corrected chi connectivity index (χ1v) is 13.1. The summed E-state index contributed by atoms with van der Waals surface area (Å²) in [5.74, 6) is -0.768. The quantitative estimate of drug-likeness (QED) is 0.248. The van der Waals surface area contributed by atoms with Crippen molar-refractivity contribution in [2.75, 3.05) is 11.9 Å². The zero-order chi connectivity index (χ0) is 23.8. The van der Waals surface area contributed by atoms with Crippen LogP contribution in [0.3, 0.4) is 0 Å². The first kappa shape index (κ1) is 24.7. The van der Waals surface area contributed by atoms with Crippen LogP contribution >= 0.6 is 19.2 Å². The SMILES string of the molecule is CCC[C@H](OC[C@H]1O[C@@H](n2ncc3c(NC4CCCC4)nc(Cl)nc32)[C@H](O)[C@@H]1O)P(=O)(O)O. The van der Waals surface area contributed by atoms with E-state index in [-0.39, 0.29) is 24.4 Å². The fourth-order valence-corrected chi connectivity index (χ4v) is 5.37. The number of anilines is 1. The van der Waals surface area contributed by atoms with Crippen LogP contribution in [0.25, 0.3) is 11.0 Å². The summed E-state index contributed by atoms with van der Waals surface area (Å²) < 4.78 is 24.1. The van der Waals surface area contributed by atoms with Gasteiger partial charge in [0, 0.05) is 6.04 Å². The van der Waals surface area contributed by atoms with Crippen LogP contribution in [0.15, 0.2) is 6.20 Å². The highest BCUT2D eigenvalue weighted by Crippen LogP contribution is 2.44. The summed E-state index contributed by atoms with van der Waals surface area (Å²) in [4.78, 5) is 27.4. The van der Waals surface area contributed by atoms with Crippen LogP contribution in [0, 0.1) is 0 Å². The molecule has 0 aromatic carbocycles. The Morgan fingerprint density at radius 3 is 2.70 bits per heavy atom. The molecule has 2 aromatic rings. The lowest BCUT2D eigenvalue weighted by Crippen LogP contribution is -2.35. The summed E-state index contributed by atoms with van der Waals surface area (Å²) in [6.45, 7) is 1.46. The van der Waals surface area contributed by atoms with E-state index in [2.05, 4.69) is 20.4 Å². The Morgan fingerprint density at radius 1 is 1.30 bits per heavy atom. The van der Waals surface area contributed by atoms with Crippen molar-refractivity contribution in [2.45, 2.75) is 81.9 Å². The predicted molar refractivity (Wildman–Crippen MR) is 119 cm³/mol. The average Bonchev–Trinajstić information content (AvgIpc) is 3.46. The molecule has 4 rings (SSSR count). The van der Waals surface area contributed by atoms with Gasteiger partial charge in [-0.1, -0.05) is 26.2 Å². The molecule has 2 aromatic heterocycles. The van der Waals surface area contributed by atoms with Crippen LogP contribution in [0.1, 0.15) is 51.7 Å². The van der Waals surface area contributed by atoms with Crippen molar-refractivity contribution < 1.29 is 34.0 Å². The van der Waals surface area contributed by atoms with E-state index in [1.54, 1.807) is 13.1 Å². The zero-order valence-electron chi connectivity index (χ0n) is 18.1. The maximum absolute atomic E-state index is 11.6.